The number of nitrogens with one attached hydrogen (secondary N) is 1. The molecule has 2 saturated heterocycles. The Morgan fingerprint density at radius 3 is 2.06 bits per heavy atom. The molecule has 2 aliphatic rings. The van der Waals surface area contributed by atoms with Gasteiger partial charge in [0.1, 0.15) is 5.75 Å². The van der Waals surface area contributed by atoms with Crippen LogP contribution in [0.25, 0.3) is 0 Å². The molecule has 1 N–H and O–H groups in total. The summed E-state index contributed by atoms with van der Waals surface area (Å²) >= 11 is 0. The quantitative estimate of drug-likeness (QED) is 0.575. The van der Waals surface area contributed by atoms with Crippen LogP contribution in [0.5, 0.6) is 5.75 Å². The number of amides is 1. The molecule has 2 aromatic carbocycles. The Hall–Kier alpha value is -2.51. The lowest BCUT2D eigenvalue weighted by molar-refractivity contribution is 0.0730. The number of rotatable bonds is 7. The first-order valence-electron chi connectivity index (χ1n) is 11.8. The number of carbonyl (C=O) groups excluding carboxylic acids is 1. The molecule has 10 nitrogen and oxygen atoms in total. The van der Waals surface area contributed by atoms with Crippen molar-refractivity contribution in [1.29, 1.82) is 0 Å². The highest BCUT2D eigenvalue weighted by Gasteiger charge is 2.30. The molecule has 0 atom stereocenters. The molecule has 0 bridgehead atoms. The molecule has 12 heteroatoms. The van der Waals surface area contributed by atoms with E-state index in [4.69, 9.17) is 9.47 Å². The normalized spacial score (nSPS) is 18.6. The zero-order valence-corrected chi connectivity index (χ0v) is 22.0. The summed E-state index contributed by atoms with van der Waals surface area (Å²) in [6.45, 7) is 4.26. The van der Waals surface area contributed by atoms with Crippen molar-refractivity contribution in [2.75, 3.05) is 51.8 Å². The molecule has 196 valence electrons. The summed E-state index contributed by atoms with van der Waals surface area (Å²) in [4.78, 5) is 13.2. The van der Waals surface area contributed by atoms with Gasteiger partial charge in [-0.25, -0.2) is 16.8 Å². The summed E-state index contributed by atoms with van der Waals surface area (Å²) in [6, 6.07) is 10.1. The van der Waals surface area contributed by atoms with Gasteiger partial charge < -0.3 is 14.8 Å². The minimum absolute atomic E-state index is 0.0231. The number of morpholine rings is 1. The third-order valence-corrected chi connectivity index (χ3v) is 10.3. The van der Waals surface area contributed by atoms with Crippen LogP contribution in [0, 0.1) is 5.92 Å². The van der Waals surface area contributed by atoms with Crippen LogP contribution in [-0.4, -0.2) is 77.9 Å². The predicted molar refractivity (Wildman–Crippen MR) is 134 cm³/mol. The molecule has 0 aromatic heterocycles. The van der Waals surface area contributed by atoms with E-state index in [-0.39, 0.29) is 34.2 Å². The Balaban J connectivity index is 1.53. The summed E-state index contributed by atoms with van der Waals surface area (Å²) in [5.41, 5.74) is 0.426. The lowest BCUT2D eigenvalue weighted by atomic mass is 10.0. The van der Waals surface area contributed by atoms with E-state index in [1.807, 2.05) is 0 Å². The van der Waals surface area contributed by atoms with Gasteiger partial charge >= 0.3 is 0 Å². The highest BCUT2D eigenvalue weighted by molar-refractivity contribution is 7.89. The van der Waals surface area contributed by atoms with Crippen LogP contribution >= 0.6 is 0 Å². The first-order chi connectivity index (χ1) is 17.1. The van der Waals surface area contributed by atoms with Gasteiger partial charge in [0.2, 0.25) is 20.0 Å². The molecule has 0 unspecified atom stereocenters. The van der Waals surface area contributed by atoms with E-state index in [2.05, 4.69) is 12.2 Å². The van der Waals surface area contributed by atoms with E-state index in [0.717, 1.165) is 12.8 Å². The van der Waals surface area contributed by atoms with Gasteiger partial charge in [0.05, 0.1) is 35.7 Å². The van der Waals surface area contributed by atoms with E-state index in [1.54, 1.807) is 0 Å². The summed E-state index contributed by atoms with van der Waals surface area (Å²) in [5.74, 6) is 0.133. The number of nitrogens with zero attached hydrogens (tertiary/aromatic N) is 2. The van der Waals surface area contributed by atoms with E-state index in [9.17, 15) is 21.6 Å². The number of piperidine rings is 1. The second kappa shape index (κ2) is 10.9. The van der Waals surface area contributed by atoms with Crippen molar-refractivity contribution in [3.8, 4) is 5.75 Å². The molecule has 36 heavy (non-hydrogen) atoms. The van der Waals surface area contributed by atoms with E-state index in [0.29, 0.717) is 37.9 Å². The van der Waals surface area contributed by atoms with Crippen molar-refractivity contribution in [2.24, 2.45) is 5.92 Å². The minimum Gasteiger partial charge on any atom is -0.496 e. The number of methoxy groups -OCH3 is 1. The van der Waals surface area contributed by atoms with Crippen molar-refractivity contribution in [2.45, 2.75) is 29.6 Å². The largest absolute Gasteiger partial charge is 0.496 e. The summed E-state index contributed by atoms with van der Waals surface area (Å²) in [5, 5.41) is 2.70. The fourth-order valence-electron chi connectivity index (χ4n) is 4.24. The van der Waals surface area contributed by atoms with Crippen molar-refractivity contribution in [3.63, 3.8) is 0 Å². The van der Waals surface area contributed by atoms with Gasteiger partial charge in [-0.15, -0.1) is 0 Å². The van der Waals surface area contributed by atoms with E-state index >= 15 is 0 Å². The monoisotopic (exact) mass is 537 g/mol. The Bertz CT molecular complexity index is 1300. The van der Waals surface area contributed by atoms with Crippen LogP contribution in [0.4, 0.5) is 5.69 Å². The minimum atomic E-state index is -3.75. The zero-order chi connectivity index (χ0) is 25.9. The van der Waals surface area contributed by atoms with Crippen molar-refractivity contribution < 1.29 is 31.1 Å². The maximum Gasteiger partial charge on any atom is 0.259 e. The zero-order valence-electron chi connectivity index (χ0n) is 20.3. The molecule has 2 aromatic rings. The molecule has 1 amide bonds. The summed E-state index contributed by atoms with van der Waals surface area (Å²) < 4.78 is 65.3. The van der Waals surface area contributed by atoms with Crippen molar-refractivity contribution in [3.05, 3.63) is 48.0 Å². The van der Waals surface area contributed by atoms with Gasteiger partial charge in [-0.1, -0.05) is 6.92 Å². The lowest BCUT2D eigenvalue weighted by Crippen LogP contribution is -2.40. The molecule has 0 aliphatic carbocycles. The number of hydrogen-bond acceptors (Lipinski definition) is 7. The molecular formula is C24H31N3O7S2. The molecule has 2 aliphatic heterocycles. The fraction of sp³-hybridized carbons (Fsp3) is 0.458. The Labute approximate surface area is 212 Å². The van der Waals surface area contributed by atoms with Crippen LogP contribution < -0.4 is 10.1 Å². The van der Waals surface area contributed by atoms with Crippen molar-refractivity contribution >= 4 is 31.6 Å². The maximum absolute atomic E-state index is 13.2. The molecule has 0 radical (unpaired) electrons. The summed E-state index contributed by atoms with van der Waals surface area (Å²) in [6.07, 6.45) is 1.58. The SMILES string of the molecule is COc1ccc(S(=O)(=O)N2CCC(C)CC2)cc1C(=O)Nc1ccc(S(=O)(=O)N2CCOCC2)cc1. The predicted octanol–water partition coefficient (Wildman–Crippen LogP) is 2.39. The molecule has 2 fully saturated rings. The number of ether oxygens (including phenoxy) is 2. The number of hydrogen-bond donors (Lipinski definition) is 1. The smallest absolute Gasteiger partial charge is 0.259 e. The third kappa shape index (κ3) is 5.57. The maximum atomic E-state index is 13.2. The van der Waals surface area contributed by atoms with Crippen LogP contribution in [-0.2, 0) is 24.8 Å². The number of benzene rings is 2. The summed E-state index contributed by atoms with van der Waals surface area (Å²) in [7, 11) is -6.01. The Morgan fingerprint density at radius 2 is 1.44 bits per heavy atom. The van der Waals surface area contributed by atoms with Crippen LogP contribution in [0.15, 0.2) is 52.3 Å². The van der Waals surface area contributed by atoms with Crippen LogP contribution in [0.1, 0.15) is 30.1 Å². The van der Waals surface area contributed by atoms with Crippen LogP contribution in [0.2, 0.25) is 0 Å². The van der Waals surface area contributed by atoms with Gasteiger partial charge in [0.25, 0.3) is 5.91 Å². The highest BCUT2D eigenvalue weighted by Crippen LogP contribution is 2.28. The van der Waals surface area contributed by atoms with Gasteiger partial charge in [-0.3, -0.25) is 4.79 Å². The topological polar surface area (TPSA) is 122 Å². The lowest BCUT2D eigenvalue weighted by Gasteiger charge is -2.29. The van der Waals surface area contributed by atoms with E-state index in [1.165, 1.54) is 58.2 Å². The van der Waals surface area contributed by atoms with Gasteiger partial charge in [0.15, 0.2) is 0 Å². The standard InChI is InChI=1S/C24H31N3O7S2/c1-18-9-11-26(12-10-18)36(31,32)21-7-8-23(33-2)22(17-21)24(28)25-19-3-5-20(6-4-19)35(29,30)27-13-15-34-16-14-27/h3-8,17-18H,9-16H2,1-2H3,(H,25,28). The fourth-order valence-corrected chi connectivity index (χ4v) is 7.15. The number of carbonyl (C=O) groups is 1. The average molecular weight is 538 g/mol. The molecule has 0 spiro atoms. The first-order valence-corrected chi connectivity index (χ1v) is 14.7. The van der Waals surface area contributed by atoms with Gasteiger partial charge in [0, 0.05) is 31.9 Å². The van der Waals surface area contributed by atoms with Gasteiger partial charge in [-0.05, 0) is 61.2 Å². The Kier molecular flexibility index (Phi) is 8.00. The second-order valence-corrected chi connectivity index (χ2v) is 12.8. The van der Waals surface area contributed by atoms with Gasteiger partial charge in [-0.2, -0.15) is 8.61 Å². The highest BCUT2D eigenvalue weighted by atomic mass is 32.2. The molecular weight excluding hydrogens is 506 g/mol. The average Bonchev–Trinajstić information content (AvgIpc) is 2.89. The second-order valence-electron chi connectivity index (χ2n) is 8.94. The Morgan fingerprint density at radius 1 is 0.889 bits per heavy atom. The first kappa shape index (κ1) is 26.6. The number of anilines is 1. The molecule has 4 rings (SSSR count). The van der Waals surface area contributed by atoms with Crippen molar-refractivity contribution in [1.82, 2.24) is 8.61 Å². The van der Waals surface area contributed by atoms with E-state index < -0.39 is 26.0 Å². The van der Waals surface area contributed by atoms with Crippen LogP contribution in [0.3, 0.4) is 0 Å². The third-order valence-electron chi connectivity index (χ3n) is 6.52. The number of sulfonamides is 2. The molecule has 2 heterocycles. The molecule has 0 saturated carbocycles.